The van der Waals surface area contributed by atoms with Crippen molar-refractivity contribution in [1.82, 2.24) is 9.66 Å². The van der Waals surface area contributed by atoms with E-state index in [2.05, 4.69) is 10.1 Å². The second kappa shape index (κ2) is 8.02. The molecule has 4 aromatic rings. The van der Waals surface area contributed by atoms with Gasteiger partial charge in [-0.2, -0.15) is 9.78 Å². The van der Waals surface area contributed by atoms with E-state index in [0.29, 0.717) is 10.2 Å². The summed E-state index contributed by atoms with van der Waals surface area (Å²) in [5, 5.41) is 6.78. The minimum atomic E-state index is -0.188. The molecule has 0 saturated carbocycles. The number of thiophene rings is 1. The Labute approximate surface area is 165 Å². The zero-order chi connectivity index (χ0) is 19.3. The summed E-state index contributed by atoms with van der Waals surface area (Å²) >= 11 is 1.46. The number of nitrogens with zero attached hydrogens (tertiary/aromatic N) is 3. The molecule has 4 rings (SSSR count). The molecule has 2 aromatic heterocycles. The van der Waals surface area contributed by atoms with Crippen molar-refractivity contribution in [1.29, 1.82) is 0 Å². The Morgan fingerprint density at radius 2 is 1.89 bits per heavy atom. The van der Waals surface area contributed by atoms with Crippen LogP contribution in [0.5, 0.6) is 5.75 Å². The van der Waals surface area contributed by atoms with E-state index in [1.54, 1.807) is 19.4 Å². The van der Waals surface area contributed by atoms with Gasteiger partial charge in [0.15, 0.2) is 0 Å². The molecule has 2 aromatic carbocycles. The maximum Gasteiger partial charge on any atom is 0.283 e. The second-order valence-electron chi connectivity index (χ2n) is 5.96. The number of benzene rings is 2. The monoisotopic (exact) mass is 387 g/mol. The normalized spacial score (nSPS) is 11.6. The highest BCUT2D eigenvalue weighted by atomic mass is 32.1. The zero-order valence-corrected chi connectivity index (χ0v) is 16.0. The van der Waals surface area contributed by atoms with Crippen LogP contribution in [0.2, 0.25) is 0 Å². The Bertz CT molecular complexity index is 1220. The third kappa shape index (κ3) is 3.50. The lowest BCUT2D eigenvalue weighted by atomic mass is 10.1. The summed E-state index contributed by atoms with van der Waals surface area (Å²) in [5.41, 5.74) is 2.62. The number of ether oxygens (including phenoxy) is 1. The van der Waals surface area contributed by atoms with Crippen LogP contribution in [0.4, 0.5) is 0 Å². The fraction of sp³-hybridized carbons (Fsp3) is 0.0455. The third-order valence-corrected chi connectivity index (χ3v) is 5.14. The molecule has 5 nitrogen and oxygen atoms in total. The van der Waals surface area contributed by atoms with Crippen LogP contribution in [0.3, 0.4) is 0 Å². The lowest BCUT2D eigenvalue weighted by Gasteiger charge is -2.02. The van der Waals surface area contributed by atoms with Crippen LogP contribution < -0.4 is 10.3 Å². The standard InChI is InChI=1S/C22H17N3O2S/c1-27-19-12-6-5-10-17(19)11-7-13-24-25-15-23-21-20(22(25)26)18(14-28-21)16-8-3-2-4-9-16/h2-15H,1H3/b11-7+,24-13+. The van der Waals surface area contributed by atoms with Crippen molar-refractivity contribution in [2.45, 2.75) is 0 Å². The van der Waals surface area contributed by atoms with Crippen molar-refractivity contribution in [3.63, 3.8) is 0 Å². The molecule has 0 aliphatic rings. The summed E-state index contributed by atoms with van der Waals surface area (Å²) in [6, 6.07) is 17.5. The number of hydrogen-bond donors (Lipinski definition) is 0. The van der Waals surface area contributed by atoms with Crippen molar-refractivity contribution >= 4 is 33.8 Å². The van der Waals surface area contributed by atoms with Gasteiger partial charge >= 0.3 is 0 Å². The van der Waals surface area contributed by atoms with Crippen molar-refractivity contribution in [3.05, 3.63) is 88.3 Å². The van der Waals surface area contributed by atoms with Gasteiger partial charge in [0.1, 0.15) is 16.9 Å². The molecule has 0 aliphatic carbocycles. The smallest absolute Gasteiger partial charge is 0.283 e. The van der Waals surface area contributed by atoms with Gasteiger partial charge in [0, 0.05) is 22.7 Å². The molecule has 0 spiro atoms. The summed E-state index contributed by atoms with van der Waals surface area (Å²) in [5.74, 6) is 0.776. The summed E-state index contributed by atoms with van der Waals surface area (Å²) in [6.45, 7) is 0. The van der Waals surface area contributed by atoms with E-state index in [4.69, 9.17) is 4.74 Å². The fourth-order valence-corrected chi connectivity index (χ4v) is 3.80. The van der Waals surface area contributed by atoms with Crippen LogP contribution in [0, 0.1) is 0 Å². The molecule has 0 N–H and O–H groups in total. The van der Waals surface area contributed by atoms with E-state index < -0.39 is 0 Å². The molecule has 0 unspecified atom stereocenters. The van der Waals surface area contributed by atoms with Crippen LogP contribution in [-0.2, 0) is 0 Å². The number of methoxy groups -OCH3 is 1. The average Bonchev–Trinajstić information content (AvgIpc) is 3.18. The summed E-state index contributed by atoms with van der Waals surface area (Å²) in [6.07, 6.45) is 6.65. The molecule has 2 heterocycles. The minimum Gasteiger partial charge on any atom is -0.496 e. The second-order valence-corrected chi connectivity index (χ2v) is 6.81. The minimum absolute atomic E-state index is 0.188. The largest absolute Gasteiger partial charge is 0.496 e. The van der Waals surface area contributed by atoms with E-state index >= 15 is 0 Å². The van der Waals surface area contributed by atoms with Gasteiger partial charge in [0.05, 0.1) is 12.5 Å². The summed E-state index contributed by atoms with van der Waals surface area (Å²) in [7, 11) is 1.63. The van der Waals surface area contributed by atoms with Gasteiger partial charge in [0.25, 0.3) is 5.56 Å². The number of rotatable bonds is 5. The molecule has 0 radical (unpaired) electrons. The molecule has 6 heteroatoms. The molecular weight excluding hydrogens is 370 g/mol. The van der Waals surface area contributed by atoms with Gasteiger partial charge in [-0.15, -0.1) is 11.3 Å². The molecule has 28 heavy (non-hydrogen) atoms. The molecule has 0 bridgehead atoms. The third-order valence-electron chi connectivity index (χ3n) is 4.25. The maximum absolute atomic E-state index is 12.9. The van der Waals surface area contributed by atoms with E-state index in [1.165, 1.54) is 22.3 Å². The van der Waals surface area contributed by atoms with Crippen LogP contribution in [0.15, 0.2) is 82.3 Å². The zero-order valence-electron chi connectivity index (χ0n) is 15.1. The SMILES string of the molecule is COc1ccccc1/C=C/C=N/n1cnc2scc(-c3ccccc3)c2c1=O. The highest BCUT2D eigenvalue weighted by Crippen LogP contribution is 2.30. The first-order valence-corrected chi connectivity index (χ1v) is 9.54. The van der Waals surface area contributed by atoms with Crippen LogP contribution in [0.1, 0.15) is 5.56 Å². The Morgan fingerprint density at radius 3 is 2.71 bits per heavy atom. The van der Waals surface area contributed by atoms with Crippen molar-refractivity contribution in [2.24, 2.45) is 5.10 Å². The van der Waals surface area contributed by atoms with E-state index in [-0.39, 0.29) is 5.56 Å². The fourth-order valence-electron chi connectivity index (χ4n) is 2.90. The van der Waals surface area contributed by atoms with E-state index in [1.807, 2.05) is 66.1 Å². The average molecular weight is 387 g/mol. The topological polar surface area (TPSA) is 56.5 Å². The Morgan fingerprint density at radius 1 is 1.11 bits per heavy atom. The summed E-state index contributed by atoms with van der Waals surface area (Å²) in [4.78, 5) is 18.0. The van der Waals surface area contributed by atoms with Gasteiger partial charge in [-0.1, -0.05) is 48.5 Å². The predicted molar refractivity (Wildman–Crippen MR) is 115 cm³/mol. The van der Waals surface area contributed by atoms with Crippen molar-refractivity contribution < 1.29 is 4.74 Å². The Hall–Kier alpha value is -3.51. The number of fused-ring (bicyclic) bond motifs is 1. The molecule has 0 aliphatic heterocycles. The van der Waals surface area contributed by atoms with Crippen LogP contribution in [0.25, 0.3) is 27.4 Å². The number of para-hydroxylation sites is 1. The van der Waals surface area contributed by atoms with Crippen LogP contribution >= 0.6 is 11.3 Å². The highest BCUT2D eigenvalue weighted by Gasteiger charge is 2.12. The quantitative estimate of drug-likeness (QED) is 0.467. The predicted octanol–water partition coefficient (Wildman–Crippen LogP) is 4.68. The molecular formula is C22H17N3O2S. The van der Waals surface area contributed by atoms with Crippen LogP contribution in [-0.4, -0.2) is 23.0 Å². The Balaban J connectivity index is 1.66. The number of aromatic nitrogens is 2. The lowest BCUT2D eigenvalue weighted by molar-refractivity contribution is 0.414. The van der Waals surface area contributed by atoms with E-state index in [0.717, 1.165) is 22.4 Å². The van der Waals surface area contributed by atoms with Gasteiger partial charge in [0.2, 0.25) is 0 Å². The lowest BCUT2D eigenvalue weighted by Crippen LogP contribution is -2.16. The van der Waals surface area contributed by atoms with Gasteiger partial charge in [-0.05, 0) is 23.8 Å². The Kier molecular flexibility index (Phi) is 5.12. The maximum atomic E-state index is 12.9. The summed E-state index contributed by atoms with van der Waals surface area (Å²) < 4.78 is 6.57. The number of allylic oxidation sites excluding steroid dienone is 1. The molecule has 0 amide bonds. The molecule has 0 atom stereocenters. The van der Waals surface area contributed by atoms with Crippen molar-refractivity contribution in [2.75, 3.05) is 7.11 Å². The molecule has 138 valence electrons. The van der Waals surface area contributed by atoms with Crippen molar-refractivity contribution in [3.8, 4) is 16.9 Å². The van der Waals surface area contributed by atoms with Gasteiger partial charge < -0.3 is 4.74 Å². The highest BCUT2D eigenvalue weighted by molar-refractivity contribution is 7.17. The van der Waals surface area contributed by atoms with Gasteiger partial charge in [-0.3, -0.25) is 4.79 Å². The van der Waals surface area contributed by atoms with Gasteiger partial charge in [-0.25, -0.2) is 4.98 Å². The molecule has 0 saturated heterocycles. The number of hydrogen-bond acceptors (Lipinski definition) is 5. The first-order valence-electron chi connectivity index (χ1n) is 8.66. The first-order chi connectivity index (χ1) is 13.8. The first kappa shape index (κ1) is 17.9. The molecule has 0 fully saturated rings. The van der Waals surface area contributed by atoms with E-state index in [9.17, 15) is 4.79 Å².